The molecule has 1 aromatic carbocycles. The molecule has 6 heteroatoms. The summed E-state index contributed by atoms with van der Waals surface area (Å²) in [5, 5.41) is 7.34. The first-order valence-electron chi connectivity index (χ1n) is 7.35. The number of hydrogen-bond acceptors (Lipinski definition) is 4. The fourth-order valence-corrected chi connectivity index (χ4v) is 2.73. The molecule has 0 saturated carbocycles. The molecule has 2 amide bonds. The molecule has 0 bridgehead atoms. The van der Waals surface area contributed by atoms with E-state index >= 15 is 0 Å². The van der Waals surface area contributed by atoms with E-state index in [-0.39, 0.29) is 11.8 Å². The second-order valence-corrected chi connectivity index (χ2v) is 6.02. The number of nitrogens with one attached hydrogen (secondary N) is 2. The van der Waals surface area contributed by atoms with Crippen molar-refractivity contribution in [3.63, 3.8) is 0 Å². The maximum Gasteiger partial charge on any atom is 0.266 e. The van der Waals surface area contributed by atoms with E-state index in [4.69, 9.17) is 0 Å². The molecular formula is C18H15N3O2S. The number of thiophene rings is 1. The molecule has 2 N–H and O–H groups in total. The van der Waals surface area contributed by atoms with Crippen LogP contribution in [0.1, 0.15) is 15.2 Å². The minimum absolute atomic E-state index is 0.113. The van der Waals surface area contributed by atoms with E-state index in [2.05, 4.69) is 15.6 Å². The monoisotopic (exact) mass is 337 g/mol. The van der Waals surface area contributed by atoms with Gasteiger partial charge in [0, 0.05) is 0 Å². The Hall–Kier alpha value is -2.99. The Kier molecular flexibility index (Phi) is 4.98. The lowest BCUT2D eigenvalue weighted by Crippen LogP contribution is -2.15. The fraction of sp³-hybridized carbons (Fsp3) is 0.0556. The SMILES string of the molecule is O=C(Cc1ccccc1)Nc1ccc(NC(=O)c2cccs2)nc1. The predicted octanol–water partition coefficient (Wildman–Crippen LogP) is 3.58. The van der Waals surface area contributed by atoms with Crippen LogP contribution in [0.4, 0.5) is 11.5 Å². The van der Waals surface area contributed by atoms with Crippen molar-refractivity contribution >= 4 is 34.7 Å². The lowest BCUT2D eigenvalue weighted by Gasteiger charge is -2.07. The highest BCUT2D eigenvalue weighted by Gasteiger charge is 2.08. The average Bonchev–Trinajstić information content (AvgIpc) is 3.12. The number of aromatic nitrogens is 1. The summed E-state index contributed by atoms with van der Waals surface area (Å²) in [7, 11) is 0. The molecule has 0 atom stereocenters. The molecule has 3 rings (SSSR count). The van der Waals surface area contributed by atoms with Crippen molar-refractivity contribution in [1.29, 1.82) is 0 Å². The molecule has 0 saturated heterocycles. The summed E-state index contributed by atoms with van der Waals surface area (Å²) in [6, 6.07) is 16.4. The number of amides is 2. The van der Waals surface area contributed by atoms with Gasteiger partial charge in [-0.15, -0.1) is 11.3 Å². The van der Waals surface area contributed by atoms with Crippen LogP contribution in [0, 0.1) is 0 Å². The lowest BCUT2D eigenvalue weighted by molar-refractivity contribution is -0.115. The number of pyridine rings is 1. The maximum absolute atomic E-state index is 12.0. The van der Waals surface area contributed by atoms with Gasteiger partial charge in [-0.1, -0.05) is 36.4 Å². The molecule has 0 aliphatic carbocycles. The van der Waals surface area contributed by atoms with Crippen LogP contribution < -0.4 is 10.6 Å². The Morgan fingerprint density at radius 1 is 0.958 bits per heavy atom. The van der Waals surface area contributed by atoms with Gasteiger partial charge in [-0.3, -0.25) is 9.59 Å². The van der Waals surface area contributed by atoms with Crippen molar-refractivity contribution in [2.75, 3.05) is 10.6 Å². The first-order chi connectivity index (χ1) is 11.7. The highest BCUT2D eigenvalue weighted by atomic mass is 32.1. The smallest absolute Gasteiger partial charge is 0.266 e. The normalized spacial score (nSPS) is 10.2. The van der Waals surface area contributed by atoms with Crippen LogP contribution in [0.25, 0.3) is 0 Å². The third-order valence-corrected chi connectivity index (χ3v) is 4.11. The van der Waals surface area contributed by atoms with Crippen LogP contribution >= 0.6 is 11.3 Å². The quantitative estimate of drug-likeness (QED) is 0.747. The summed E-state index contributed by atoms with van der Waals surface area (Å²) in [5.41, 5.74) is 1.54. The number of nitrogens with zero attached hydrogens (tertiary/aromatic N) is 1. The molecule has 2 aromatic heterocycles. The second kappa shape index (κ2) is 7.52. The maximum atomic E-state index is 12.0. The van der Waals surface area contributed by atoms with Gasteiger partial charge in [0.25, 0.3) is 5.91 Å². The molecule has 24 heavy (non-hydrogen) atoms. The second-order valence-electron chi connectivity index (χ2n) is 5.07. The van der Waals surface area contributed by atoms with Gasteiger partial charge in [-0.2, -0.15) is 0 Å². The van der Waals surface area contributed by atoms with Crippen LogP contribution in [-0.4, -0.2) is 16.8 Å². The van der Waals surface area contributed by atoms with Crippen LogP contribution in [-0.2, 0) is 11.2 Å². The summed E-state index contributed by atoms with van der Waals surface area (Å²) in [6.45, 7) is 0. The lowest BCUT2D eigenvalue weighted by atomic mass is 10.1. The summed E-state index contributed by atoms with van der Waals surface area (Å²) >= 11 is 1.37. The summed E-state index contributed by atoms with van der Waals surface area (Å²) in [6.07, 6.45) is 1.82. The molecule has 0 aliphatic heterocycles. The average molecular weight is 337 g/mol. The van der Waals surface area contributed by atoms with Gasteiger partial charge < -0.3 is 10.6 Å². The Labute approximate surface area is 143 Å². The number of carbonyl (C=O) groups excluding carboxylic acids is 2. The van der Waals surface area contributed by atoms with E-state index in [0.717, 1.165) is 5.56 Å². The van der Waals surface area contributed by atoms with Gasteiger partial charge in [-0.05, 0) is 29.1 Å². The zero-order valence-corrected chi connectivity index (χ0v) is 13.5. The number of anilines is 2. The van der Waals surface area contributed by atoms with Crippen molar-refractivity contribution in [2.24, 2.45) is 0 Å². The van der Waals surface area contributed by atoms with Gasteiger partial charge >= 0.3 is 0 Å². The Bertz CT molecular complexity index is 815. The number of hydrogen-bond donors (Lipinski definition) is 2. The summed E-state index contributed by atoms with van der Waals surface area (Å²) in [4.78, 5) is 28.7. The van der Waals surface area contributed by atoms with Gasteiger partial charge in [-0.25, -0.2) is 4.98 Å². The third kappa shape index (κ3) is 4.27. The molecule has 0 spiro atoms. The predicted molar refractivity (Wildman–Crippen MR) is 95.3 cm³/mol. The third-order valence-electron chi connectivity index (χ3n) is 3.24. The number of rotatable bonds is 5. The Morgan fingerprint density at radius 3 is 2.46 bits per heavy atom. The first kappa shape index (κ1) is 15.9. The van der Waals surface area contributed by atoms with Crippen LogP contribution in [0.2, 0.25) is 0 Å². The van der Waals surface area contributed by atoms with E-state index in [9.17, 15) is 9.59 Å². The van der Waals surface area contributed by atoms with Crippen molar-refractivity contribution in [3.05, 3.63) is 76.6 Å². The van der Waals surface area contributed by atoms with E-state index in [0.29, 0.717) is 22.8 Å². The van der Waals surface area contributed by atoms with Crippen LogP contribution in [0.15, 0.2) is 66.2 Å². The minimum Gasteiger partial charge on any atom is -0.324 e. The Balaban J connectivity index is 1.56. The van der Waals surface area contributed by atoms with Gasteiger partial charge in [0.15, 0.2) is 0 Å². The van der Waals surface area contributed by atoms with Crippen molar-refractivity contribution in [2.45, 2.75) is 6.42 Å². The highest BCUT2D eigenvalue weighted by Crippen LogP contribution is 2.14. The first-order valence-corrected chi connectivity index (χ1v) is 8.23. The van der Waals surface area contributed by atoms with Crippen LogP contribution in [0.3, 0.4) is 0 Å². The standard InChI is InChI=1S/C18H15N3O2S/c22-17(11-13-5-2-1-3-6-13)20-14-8-9-16(19-12-14)21-18(23)15-7-4-10-24-15/h1-10,12H,11H2,(H,20,22)(H,19,21,23). The molecule has 120 valence electrons. The topological polar surface area (TPSA) is 71.1 Å². The van der Waals surface area contributed by atoms with Gasteiger partial charge in [0.05, 0.1) is 23.2 Å². The number of carbonyl (C=O) groups is 2. The highest BCUT2D eigenvalue weighted by molar-refractivity contribution is 7.12. The van der Waals surface area contributed by atoms with Crippen molar-refractivity contribution < 1.29 is 9.59 Å². The van der Waals surface area contributed by atoms with Gasteiger partial charge in [0.1, 0.15) is 5.82 Å². The Morgan fingerprint density at radius 2 is 1.79 bits per heavy atom. The van der Waals surface area contributed by atoms with Gasteiger partial charge in [0.2, 0.25) is 5.91 Å². The molecule has 0 aliphatic rings. The minimum atomic E-state index is -0.196. The van der Waals surface area contributed by atoms with E-state index in [1.165, 1.54) is 17.5 Å². The van der Waals surface area contributed by atoms with Crippen molar-refractivity contribution in [1.82, 2.24) is 4.98 Å². The summed E-state index contributed by atoms with van der Waals surface area (Å²) < 4.78 is 0. The van der Waals surface area contributed by atoms with E-state index in [1.54, 1.807) is 18.2 Å². The van der Waals surface area contributed by atoms with Crippen LogP contribution in [0.5, 0.6) is 0 Å². The van der Waals surface area contributed by atoms with E-state index < -0.39 is 0 Å². The summed E-state index contributed by atoms with van der Waals surface area (Å²) in [5.74, 6) is 0.131. The molecule has 3 aromatic rings. The zero-order valence-electron chi connectivity index (χ0n) is 12.7. The molecule has 0 fully saturated rings. The fourth-order valence-electron chi connectivity index (χ4n) is 2.11. The molecule has 0 unspecified atom stereocenters. The molecular weight excluding hydrogens is 322 g/mol. The molecule has 5 nitrogen and oxygen atoms in total. The zero-order chi connectivity index (χ0) is 16.8. The van der Waals surface area contributed by atoms with E-state index in [1.807, 2.05) is 41.8 Å². The number of benzene rings is 1. The molecule has 2 heterocycles. The van der Waals surface area contributed by atoms with Crippen molar-refractivity contribution in [3.8, 4) is 0 Å². The molecule has 0 radical (unpaired) electrons. The largest absolute Gasteiger partial charge is 0.324 e.